The lowest BCUT2D eigenvalue weighted by Gasteiger charge is -2.31. The highest BCUT2D eigenvalue weighted by Crippen LogP contribution is 2.33. The van der Waals surface area contributed by atoms with Crippen LogP contribution < -0.4 is 0 Å². The second-order valence-corrected chi connectivity index (χ2v) is 7.58. The number of likely N-dealkylation sites (tertiary alicyclic amines) is 1. The fraction of sp³-hybridized carbons (Fsp3) is 0.688. The average Bonchev–Trinajstić information content (AvgIpc) is 2.60. The fourth-order valence-electron chi connectivity index (χ4n) is 2.93. The first-order valence-electron chi connectivity index (χ1n) is 7.26. The molecule has 1 aromatic heterocycles. The van der Waals surface area contributed by atoms with Gasteiger partial charge in [-0.05, 0) is 26.2 Å². The molecule has 0 spiro atoms. The minimum Gasteiger partial charge on any atom is -0.333 e. The van der Waals surface area contributed by atoms with Crippen LogP contribution >= 0.6 is 0 Å². The van der Waals surface area contributed by atoms with Crippen molar-refractivity contribution in [1.82, 2.24) is 14.9 Å². The lowest BCUT2D eigenvalue weighted by molar-refractivity contribution is 0.0649. The van der Waals surface area contributed by atoms with E-state index < -0.39 is 0 Å². The molecule has 1 amide bonds. The second-order valence-electron chi connectivity index (χ2n) is 7.58. The van der Waals surface area contributed by atoms with E-state index in [0.717, 1.165) is 18.8 Å². The molecule has 0 saturated carbocycles. The zero-order chi connectivity index (χ0) is 15.1. The van der Waals surface area contributed by atoms with Gasteiger partial charge in [0.15, 0.2) is 0 Å². The average molecular weight is 275 g/mol. The zero-order valence-electron chi connectivity index (χ0n) is 13.4. The minimum absolute atomic E-state index is 0.0415. The number of carbonyl (C=O) groups excluding carboxylic acids is 1. The molecule has 1 aliphatic heterocycles. The van der Waals surface area contributed by atoms with Crippen LogP contribution in [0.25, 0.3) is 0 Å². The smallest absolute Gasteiger partial charge is 0.257 e. The highest BCUT2D eigenvalue weighted by molar-refractivity contribution is 5.94. The molecule has 110 valence electrons. The van der Waals surface area contributed by atoms with Crippen molar-refractivity contribution in [3.8, 4) is 0 Å². The summed E-state index contributed by atoms with van der Waals surface area (Å²) < 4.78 is 0. The van der Waals surface area contributed by atoms with E-state index in [9.17, 15) is 4.79 Å². The Morgan fingerprint density at radius 3 is 2.25 bits per heavy atom. The van der Waals surface area contributed by atoms with Gasteiger partial charge in [-0.1, -0.05) is 27.7 Å². The standard InChI is InChI=1S/C16H25N3O/c1-11-7-16(5,6)19(10-11)13(20)12-8-17-14(18-9-12)15(2,3)4/h8-9,11H,7,10H2,1-6H3. The summed E-state index contributed by atoms with van der Waals surface area (Å²) in [6.45, 7) is 13.4. The van der Waals surface area contributed by atoms with Crippen molar-refractivity contribution in [2.24, 2.45) is 5.92 Å². The van der Waals surface area contributed by atoms with Gasteiger partial charge in [-0.25, -0.2) is 9.97 Å². The van der Waals surface area contributed by atoms with Gasteiger partial charge in [0, 0.05) is 29.9 Å². The summed E-state index contributed by atoms with van der Waals surface area (Å²) in [6.07, 6.45) is 4.36. The molecule has 0 N–H and O–H groups in total. The third-order valence-electron chi connectivity index (χ3n) is 3.89. The van der Waals surface area contributed by atoms with Gasteiger partial charge < -0.3 is 4.90 Å². The highest BCUT2D eigenvalue weighted by Gasteiger charge is 2.39. The maximum atomic E-state index is 12.6. The van der Waals surface area contributed by atoms with Gasteiger partial charge in [0.25, 0.3) is 5.91 Å². The van der Waals surface area contributed by atoms with E-state index in [1.807, 2.05) is 4.90 Å². The monoisotopic (exact) mass is 275 g/mol. The van der Waals surface area contributed by atoms with Gasteiger partial charge in [0.2, 0.25) is 0 Å². The summed E-state index contributed by atoms with van der Waals surface area (Å²) >= 11 is 0. The van der Waals surface area contributed by atoms with Gasteiger partial charge in [-0.3, -0.25) is 4.79 Å². The first kappa shape index (κ1) is 14.9. The minimum atomic E-state index is -0.0942. The van der Waals surface area contributed by atoms with E-state index >= 15 is 0 Å². The van der Waals surface area contributed by atoms with E-state index in [1.54, 1.807) is 12.4 Å². The lowest BCUT2D eigenvalue weighted by Crippen LogP contribution is -2.42. The number of carbonyl (C=O) groups is 1. The fourth-order valence-corrected chi connectivity index (χ4v) is 2.93. The molecule has 0 bridgehead atoms. The number of hydrogen-bond acceptors (Lipinski definition) is 3. The Labute approximate surface area is 121 Å². The molecule has 2 heterocycles. The van der Waals surface area contributed by atoms with Crippen molar-refractivity contribution >= 4 is 5.91 Å². The van der Waals surface area contributed by atoms with E-state index in [2.05, 4.69) is 51.5 Å². The molecule has 2 rings (SSSR count). The molecule has 0 radical (unpaired) electrons. The molecule has 20 heavy (non-hydrogen) atoms. The lowest BCUT2D eigenvalue weighted by atomic mass is 9.95. The van der Waals surface area contributed by atoms with Gasteiger partial charge in [0.1, 0.15) is 5.82 Å². The second kappa shape index (κ2) is 4.83. The Kier molecular flexibility index (Phi) is 3.61. The number of amides is 1. The number of aromatic nitrogens is 2. The number of nitrogens with zero attached hydrogens (tertiary/aromatic N) is 3. The largest absolute Gasteiger partial charge is 0.333 e. The first-order valence-corrected chi connectivity index (χ1v) is 7.26. The SMILES string of the molecule is CC1CN(C(=O)c2cnc(C(C)(C)C)nc2)C(C)(C)C1. The van der Waals surface area contributed by atoms with Crippen LogP contribution in [0.1, 0.15) is 64.1 Å². The Balaban J connectivity index is 2.22. The number of hydrogen-bond donors (Lipinski definition) is 0. The summed E-state index contributed by atoms with van der Waals surface area (Å²) in [7, 11) is 0. The van der Waals surface area contributed by atoms with Crippen molar-refractivity contribution in [3.05, 3.63) is 23.8 Å². The summed E-state index contributed by atoms with van der Waals surface area (Å²) in [6, 6.07) is 0. The van der Waals surface area contributed by atoms with Gasteiger partial charge >= 0.3 is 0 Å². The Morgan fingerprint density at radius 2 is 1.85 bits per heavy atom. The number of rotatable bonds is 1. The first-order chi connectivity index (χ1) is 9.11. The molecule has 4 heteroatoms. The summed E-state index contributed by atoms with van der Waals surface area (Å²) in [4.78, 5) is 23.3. The summed E-state index contributed by atoms with van der Waals surface area (Å²) in [5, 5.41) is 0. The van der Waals surface area contributed by atoms with E-state index in [0.29, 0.717) is 11.5 Å². The molecule has 1 unspecified atom stereocenters. The Bertz CT molecular complexity index is 499. The predicted molar refractivity (Wildman–Crippen MR) is 79.6 cm³/mol. The maximum Gasteiger partial charge on any atom is 0.257 e. The highest BCUT2D eigenvalue weighted by atomic mass is 16.2. The van der Waals surface area contributed by atoms with Crippen LogP contribution in [0.2, 0.25) is 0 Å². The molecule has 1 aliphatic rings. The quantitative estimate of drug-likeness (QED) is 0.791. The van der Waals surface area contributed by atoms with E-state index in [-0.39, 0.29) is 16.9 Å². The zero-order valence-corrected chi connectivity index (χ0v) is 13.4. The van der Waals surface area contributed by atoms with E-state index in [1.165, 1.54) is 0 Å². The Hall–Kier alpha value is -1.45. The molecule has 0 aromatic carbocycles. The molecule has 1 atom stereocenters. The molecular formula is C16H25N3O. The van der Waals surface area contributed by atoms with Crippen LogP contribution in [0.15, 0.2) is 12.4 Å². The van der Waals surface area contributed by atoms with Crippen LogP contribution in [-0.2, 0) is 5.41 Å². The van der Waals surface area contributed by atoms with Gasteiger partial charge in [0.05, 0.1) is 5.56 Å². The van der Waals surface area contributed by atoms with Gasteiger partial charge in [-0.2, -0.15) is 0 Å². The molecular weight excluding hydrogens is 250 g/mol. The van der Waals surface area contributed by atoms with Crippen molar-refractivity contribution < 1.29 is 4.79 Å². The van der Waals surface area contributed by atoms with Gasteiger partial charge in [-0.15, -0.1) is 0 Å². The predicted octanol–water partition coefficient (Wildman–Crippen LogP) is 3.03. The summed E-state index contributed by atoms with van der Waals surface area (Å²) in [5.74, 6) is 1.35. The van der Waals surface area contributed by atoms with Crippen molar-refractivity contribution in [2.45, 2.75) is 58.9 Å². The molecule has 1 aromatic rings. The third-order valence-corrected chi connectivity index (χ3v) is 3.89. The van der Waals surface area contributed by atoms with Crippen molar-refractivity contribution in [1.29, 1.82) is 0 Å². The van der Waals surface area contributed by atoms with Crippen LogP contribution in [-0.4, -0.2) is 32.9 Å². The van der Waals surface area contributed by atoms with Crippen molar-refractivity contribution in [3.63, 3.8) is 0 Å². The Morgan fingerprint density at radius 1 is 1.30 bits per heavy atom. The molecule has 1 saturated heterocycles. The summed E-state index contributed by atoms with van der Waals surface area (Å²) in [5.41, 5.74) is 0.405. The molecule has 1 fully saturated rings. The normalized spacial score (nSPS) is 22.1. The molecule has 0 aliphatic carbocycles. The molecule has 4 nitrogen and oxygen atoms in total. The third kappa shape index (κ3) is 2.84. The van der Waals surface area contributed by atoms with E-state index in [4.69, 9.17) is 0 Å². The van der Waals surface area contributed by atoms with Crippen LogP contribution in [0.5, 0.6) is 0 Å². The van der Waals surface area contributed by atoms with Crippen LogP contribution in [0, 0.1) is 5.92 Å². The topological polar surface area (TPSA) is 46.1 Å². The van der Waals surface area contributed by atoms with Crippen molar-refractivity contribution in [2.75, 3.05) is 6.54 Å². The maximum absolute atomic E-state index is 12.6. The van der Waals surface area contributed by atoms with Crippen LogP contribution in [0.4, 0.5) is 0 Å². The van der Waals surface area contributed by atoms with Crippen LogP contribution in [0.3, 0.4) is 0 Å².